The van der Waals surface area contributed by atoms with E-state index < -0.39 is 18.4 Å². The van der Waals surface area contributed by atoms with Crippen LogP contribution in [0.4, 0.5) is 0 Å². The van der Waals surface area contributed by atoms with Gasteiger partial charge in [-0.2, -0.15) is 0 Å². The summed E-state index contributed by atoms with van der Waals surface area (Å²) in [5, 5.41) is 0. The molecule has 0 atom stereocenters. The molecule has 0 aliphatic carbocycles. The van der Waals surface area contributed by atoms with E-state index in [1.165, 1.54) is 65.9 Å². The topological polar surface area (TPSA) is 37.4 Å². The van der Waals surface area contributed by atoms with Crippen LogP contribution in [0.15, 0.2) is 36.4 Å². The summed E-state index contributed by atoms with van der Waals surface area (Å²) in [7, 11) is 0. The number of benzene rings is 1. The molecule has 4 heteroatoms. The predicted octanol–water partition coefficient (Wildman–Crippen LogP) is 6.07. The first kappa shape index (κ1) is 23.9. The Morgan fingerprint density at radius 3 is 1.74 bits per heavy atom. The third-order valence-electron chi connectivity index (χ3n) is 5.46. The third kappa shape index (κ3) is 7.81. The maximum absolute atomic E-state index is 11.1. The van der Waals surface area contributed by atoms with Gasteiger partial charge in [-0.25, -0.2) is 0 Å². The van der Waals surface area contributed by atoms with E-state index in [1.807, 2.05) is 0 Å². The number of amides is 2. The Labute approximate surface area is 170 Å². The Morgan fingerprint density at radius 1 is 0.852 bits per heavy atom. The van der Waals surface area contributed by atoms with E-state index in [0.717, 1.165) is 0 Å². The zero-order chi connectivity index (χ0) is 20.0. The van der Waals surface area contributed by atoms with E-state index in [9.17, 15) is 9.59 Å². The van der Waals surface area contributed by atoms with Crippen LogP contribution in [0.25, 0.3) is 3.59 Å². The van der Waals surface area contributed by atoms with Gasteiger partial charge in [0, 0.05) is 0 Å². The van der Waals surface area contributed by atoms with Crippen molar-refractivity contribution < 1.29 is 9.59 Å². The standard InChI is InChI=1S/C11H10NO2.3C4H9.Sn/c13-9-12(10-14)8-4-7-11-5-2-1-3-6-11;3*1-3-4-2;/h1-6,9-10H,8H2;3*1,3-4H2,2H3;. The minimum atomic E-state index is -2.66. The Balaban J connectivity index is 3.41. The van der Waals surface area contributed by atoms with Gasteiger partial charge >= 0.3 is 170 Å². The van der Waals surface area contributed by atoms with Crippen LogP contribution in [0.2, 0.25) is 13.3 Å². The van der Waals surface area contributed by atoms with Gasteiger partial charge in [0.25, 0.3) is 0 Å². The van der Waals surface area contributed by atoms with Gasteiger partial charge in [0.1, 0.15) is 0 Å². The molecular weight excluding hydrogens is 441 g/mol. The van der Waals surface area contributed by atoms with Gasteiger partial charge in [-0.15, -0.1) is 0 Å². The molecule has 1 rings (SSSR count). The Hall–Kier alpha value is -1.10. The first-order valence-corrected chi connectivity index (χ1v) is 18.1. The van der Waals surface area contributed by atoms with Crippen molar-refractivity contribution in [3.63, 3.8) is 0 Å². The number of hydrogen-bond acceptors (Lipinski definition) is 2. The average Bonchev–Trinajstić information content (AvgIpc) is 2.72. The van der Waals surface area contributed by atoms with Gasteiger partial charge in [-0.3, -0.25) is 0 Å². The maximum atomic E-state index is 11.1. The van der Waals surface area contributed by atoms with Crippen molar-refractivity contribution in [2.45, 2.75) is 72.6 Å². The molecule has 1 aromatic rings. The number of hydrogen-bond donors (Lipinski definition) is 0. The molecule has 0 radical (unpaired) electrons. The molecule has 0 heterocycles. The fourth-order valence-electron chi connectivity index (χ4n) is 3.89. The molecule has 0 N–H and O–H groups in total. The monoisotopic (exact) mass is 479 g/mol. The molecule has 3 nitrogen and oxygen atoms in total. The van der Waals surface area contributed by atoms with Crippen molar-refractivity contribution in [3.05, 3.63) is 42.0 Å². The summed E-state index contributed by atoms with van der Waals surface area (Å²) in [5.74, 6) is 0. The number of rotatable bonds is 15. The van der Waals surface area contributed by atoms with E-state index in [0.29, 0.717) is 19.4 Å². The fraction of sp³-hybridized carbons (Fsp3) is 0.565. The molecule has 0 unspecified atom stereocenters. The molecular formula is C23H37NO2Sn. The van der Waals surface area contributed by atoms with Crippen molar-refractivity contribution in [2.24, 2.45) is 0 Å². The van der Waals surface area contributed by atoms with Crippen molar-refractivity contribution in [2.75, 3.05) is 6.54 Å². The summed E-state index contributed by atoms with van der Waals surface area (Å²) in [6.45, 7) is 7.23. The summed E-state index contributed by atoms with van der Waals surface area (Å²) in [4.78, 5) is 23.5. The summed E-state index contributed by atoms with van der Waals surface area (Å²) in [6, 6.07) is 10.7. The molecule has 0 bridgehead atoms. The van der Waals surface area contributed by atoms with E-state index in [2.05, 4.69) is 57.2 Å². The van der Waals surface area contributed by atoms with Crippen molar-refractivity contribution in [3.8, 4) is 0 Å². The van der Waals surface area contributed by atoms with Crippen molar-refractivity contribution in [1.82, 2.24) is 4.90 Å². The molecule has 0 fully saturated rings. The zero-order valence-electron chi connectivity index (χ0n) is 17.5. The van der Waals surface area contributed by atoms with Crippen LogP contribution in [0.5, 0.6) is 0 Å². The predicted molar refractivity (Wildman–Crippen MR) is 118 cm³/mol. The molecule has 0 aromatic heterocycles. The van der Waals surface area contributed by atoms with Crippen LogP contribution < -0.4 is 0 Å². The SMILES string of the molecule is CCC[CH2][Sn]([CH2]CCC)([CH2]CCC)/[C](=C/CN(C=O)C=O)c1ccccc1. The van der Waals surface area contributed by atoms with Gasteiger partial charge in [0.15, 0.2) is 0 Å². The van der Waals surface area contributed by atoms with Crippen LogP contribution in [-0.4, -0.2) is 42.6 Å². The molecule has 0 saturated heterocycles. The molecule has 0 spiro atoms. The summed E-state index contributed by atoms with van der Waals surface area (Å²) in [5.41, 5.74) is 1.31. The number of unbranched alkanes of at least 4 members (excludes halogenated alkanes) is 3. The number of nitrogens with zero attached hydrogens (tertiary/aromatic N) is 1. The number of carbonyl (C=O) groups is 2. The molecule has 150 valence electrons. The third-order valence-corrected chi connectivity index (χ3v) is 21.3. The molecule has 1 aromatic carbocycles. The Morgan fingerprint density at radius 2 is 1.33 bits per heavy atom. The Kier molecular flexibility index (Phi) is 12.4. The van der Waals surface area contributed by atoms with Crippen LogP contribution >= 0.6 is 0 Å². The second kappa shape index (κ2) is 14.0. The molecule has 0 aliphatic rings. The van der Waals surface area contributed by atoms with E-state index in [1.54, 1.807) is 0 Å². The molecule has 0 saturated carbocycles. The quantitative estimate of drug-likeness (QED) is 0.227. The molecule has 0 aliphatic heterocycles. The van der Waals surface area contributed by atoms with Gasteiger partial charge in [-0.05, 0) is 0 Å². The van der Waals surface area contributed by atoms with Gasteiger partial charge in [-0.1, -0.05) is 0 Å². The van der Waals surface area contributed by atoms with E-state index in [-0.39, 0.29) is 0 Å². The normalized spacial score (nSPS) is 12.0. The second-order valence-corrected chi connectivity index (χ2v) is 20.6. The van der Waals surface area contributed by atoms with Gasteiger partial charge in [0.05, 0.1) is 0 Å². The molecule has 27 heavy (non-hydrogen) atoms. The Bertz CT molecular complexity index is 541. The van der Waals surface area contributed by atoms with Crippen LogP contribution in [0.1, 0.15) is 64.9 Å². The van der Waals surface area contributed by atoms with Crippen molar-refractivity contribution >= 4 is 34.8 Å². The van der Waals surface area contributed by atoms with Gasteiger partial charge in [0.2, 0.25) is 0 Å². The van der Waals surface area contributed by atoms with Crippen LogP contribution in [0.3, 0.4) is 0 Å². The first-order valence-electron chi connectivity index (χ1n) is 10.6. The van der Waals surface area contributed by atoms with E-state index in [4.69, 9.17) is 0 Å². The molecule has 2 amide bonds. The van der Waals surface area contributed by atoms with E-state index >= 15 is 0 Å². The minimum absolute atomic E-state index is 0.389. The second-order valence-electron chi connectivity index (χ2n) is 7.48. The average molecular weight is 478 g/mol. The summed E-state index contributed by atoms with van der Waals surface area (Å²) < 4.78 is 5.63. The number of imide groups is 1. The van der Waals surface area contributed by atoms with Crippen LogP contribution in [-0.2, 0) is 9.59 Å². The van der Waals surface area contributed by atoms with Crippen LogP contribution in [0, 0.1) is 0 Å². The zero-order valence-corrected chi connectivity index (χ0v) is 20.3. The summed E-state index contributed by atoms with van der Waals surface area (Å²) >= 11 is -2.66. The van der Waals surface area contributed by atoms with Gasteiger partial charge < -0.3 is 0 Å². The summed E-state index contributed by atoms with van der Waals surface area (Å²) in [6.07, 6.45) is 11.0. The first-order chi connectivity index (χ1) is 13.2. The van der Waals surface area contributed by atoms with Crippen molar-refractivity contribution in [1.29, 1.82) is 0 Å². The number of carbonyl (C=O) groups excluding carboxylic acids is 2. The fourth-order valence-corrected chi connectivity index (χ4v) is 20.9.